The molecule has 1 aliphatic heterocycles. The van der Waals surface area contributed by atoms with Gasteiger partial charge in [0.2, 0.25) is 0 Å². The van der Waals surface area contributed by atoms with E-state index in [1.165, 1.54) is 22.0 Å². The van der Waals surface area contributed by atoms with Gasteiger partial charge in [-0.1, -0.05) is 18.2 Å². The van der Waals surface area contributed by atoms with Gasteiger partial charge in [0.05, 0.1) is 5.92 Å². The topological polar surface area (TPSA) is 56.3 Å². The molecule has 2 heterocycles. The van der Waals surface area contributed by atoms with Crippen molar-refractivity contribution >= 4 is 16.9 Å². The maximum absolute atomic E-state index is 11.6. The molecule has 114 valence electrons. The smallest absolute Gasteiger partial charge is 0.307 e. The first-order valence-electron chi connectivity index (χ1n) is 7.85. The largest absolute Gasteiger partial charge is 0.481 e. The number of nitrogens with one attached hydrogen (secondary N) is 1. The van der Waals surface area contributed by atoms with Gasteiger partial charge < -0.3 is 10.1 Å². The number of nitrogens with zero attached hydrogens (tertiary/aromatic N) is 1. The number of H-pyrrole nitrogens is 1. The highest BCUT2D eigenvalue weighted by Gasteiger charge is 2.42. The zero-order valence-electron chi connectivity index (χ0n) is 12.5. The maximum Gasteiger partial charge on any atom is 0.307 e. The molecule has 1 fully saturated rings. The van der Waals surface area contributed by atoms with Crippen LogP contribution >= 0.6 is 0 Å². The molecule has 1 saturated heterocycles. The summed E-state index contributed by atoms with van der Waals surface area (Å²) in [6.45, 7) is 5.21. The van der Waals surface area contributed by atoms with Crippen LogP contribution in [0.1, 0.15) is 23.5 Å². The zero-order chi connectivity index (χ0) is 15.3. The fourth-order valence-electron chi connectivity index (χ4n) is 4.35. The highest BCUT2D eigenvalue weighted by Crippen LogP contribution is 2.44. The number of carboxylic acid groups (broad SMARTS) is 1. The minimum atomic E-state index is -0.681. The molecule has 4 heteroatoms. The van der Waals surface area contributed by atoms with Gasteiger partial charge in [-0.15, -0.1) is 6.58 Å². The molecule has 0 spiro atoms. The van der Waals surface area contributed by atoms with Crippen LogP contribution in [0.25, 0.3) is 10.9 Å². The van der Waals surface area contributed by atoms with E-state index < -0.39 is 5.97 Å². The molecule has 2 N–H and O–H groups in total. The second kappa shape index (κ2) is 4.99. The zero-order valence-corrected chi connectivity index (χ0v) is 12.5. The second-order valence-electron chi connectivity index (χ2n) is 6.48. The van der Waals surface area contributed by atoms with Crippen LogP contribution in [-0.2, 0) is 11.2 Å². The Bertz CT molecular complexity index is 749. The molecule has 4 nitrogen and oxygen atoms in total. The van der Waals surface area contributed by atoms with Crippen molar-refractivity contribution in [1.82, 2.24) is 9.88 Å². The van der Waals surface area contributed by atoms with Crippen LogP contribution in [0, 0.1) is 5.92 Å². The van der Waals surface area contributed by atoms with Crippen LogP contribution in [0.2, 0.25) is 0 Å². The first kappa shape index (κ1) is 13.6. The number of benzene rings is 1. The highest BCUT2D eigenvalue weighted by molar-refractivity contribution is 5.88. The fraction of sp³-hybridized carbons (Fsp3) is 0.389. The Morgan fingerprint density at radius 1 is 1.50 bits per heavy atom. The van der Waals surface area contributed by atoms with Crippen LogP contribution in [0.15, 0.2) is 37.1 Å². The standard InChI is InChI=1S/C18H20N2O2/c1-2-6-20-10-12(18(21)22)7-14-13-4-3-5-15-17(13)11(9-19-15)8-16(14)20/h2-5,9,12,14,16,19H,1,6-8,10H2,(H,21,22)/t12-,14-,16-/m1/s1. The predicted octanol–water partition coefficient (Wildman–Crippen LogP) is 2.77. The Hall–Kier alpha value is -2.07. The minimum Gasteiger partial charge on any atom is -0.481 e. The Labute approximate surface area is 129 Å². The van der Waals surface area contributed by atoms with E-state index in [4.69, 9.17) is 0 Å². The van der Waals surface area contributed by atoms with Crippen molar-refractivity contribution in [2.75, 3.05) is 13.1 Å². The average Bonchev–Trinajstić information content (AvgIpc) is 2.93. The normalized spacial score (nSPS) is 27.5. The summed E-state index contributed by atoms with van der Waals surface area (Å²) >= 11 is 0. The molecule has 0 saturated carbocycles. The van der Waals surface area contributed by atoms with E-state index in [2.05, 4.69) is 40.9 Å². The second-order valence-corrected chi connectivity index (χ2v) is 6.48. The van der Waals surface area contributed by atoms with Crippen molar-refractivity contribution in [2.45, 2.75) is 24.8 Å². The highest BCUT2D eigenvalue weighted by atomic mass is 16.4. The van der Waals surface area contributed by atoms with E-state index in [0.29, 0.717) is 18.5 Å². The number of fused-ring (bicyclic) bond motifs is 2. The van der Waals surface area contributed by atoms with Crippen LogP contribution in [0.4, 0.5) is 0 Å². The molecule has 2 aliphatic rings. The molecule has 0 unspecified atom stereocenters. The molecule has 0 bridgehead atoms. The summed E-state index contributed by atoms with van der Waals surface area (Å²) in [5, 5.41) is 10.8. The first-order chi connectivity index (χ1) is 10.7. The monoisotopic (exact) mass is 296 g/mol. The number of aromatic nitrogens is 1. The average molecular weight is 296 g/mol. The number of hydrogen-bond donors (Lipinski definition) is 2. The third-order valence-corrected chi connectivity index (χ3v) is 5.29. The lowest BCUT2D eigenvalue weighted by atomic mass is 9.72. The van der Waals surface area contributed by atoms with E-state index in [9.17, 15) is 9.90 Å². The molecule has 3 atom stereocenters. The van der Waals surface area contributed by atoms with E-state index in [1.54, 1.807) is 0 Å². The Kier molecular flexibility index (Phi) is 3.08. The Balaban J connectivity index is 1.82. The van der Waals surface area contributed by atoms with Gasteiger partial charge >= 0.3 is 5.97 Å². The number of aliphatic carboxylic acids is 1. The van der Waals surface area contributed by atoms with Gasteiger partial charge in [0, 0.05) is 42.1 Å². The summed E-state index contributed by atoms with van der Waals surface area (Å²) in [6.07, 6.45) is 5.72. The van der Waals surface area contributed by atoms with E-state index in [0.717, 1.165) is 19.4 Å². The number of carbonyl (C=O) groups is 1. The molecule has 1 aliphatic carbocycles. The molecule has 1 aromatic carbocycles. The van der Waals surface area contributed by atoms with Crippen molar-refractivity contribution in [3.8, 4) is 0 Å². The van der Waals surface area contributed by atoms with Gasteiger partial charge in [-0.25, -0.2) is 0 Å². The van der Waals surface area contributed by atoms with Crippen molar-refractivity contribution in [2.24, 2.45) is 5.92 Å². The van der Waals surface area contributed by atoms with Crippen molar-refractivity contribution in [3.05, 3.63) is 48.2 Å². The summed E-state index contributed by atoms with van der Waals surface area (Å²) in [6, 6.07) is 6.72. The fourth-order valence-corrected chi connectivity index (χ4v) is 4.35. The first-order valence-corrected chi connectivity index (χ1v) is 7.85. The number of piperidine rings is 1. The van der Waals surface area contributed by atoms with Crippen LogP contribution in [0.5, 0.6) is 0 Å². The van der Waals surface area contributed by atoms with Crippen LogP contribution in [-0.4, -0.2) is 40.1 Å². The van der Waals surface area contributed by atoms with E-state index in [-0.39, 0.29) is 5.92 Å². The predicted molar refractivity (Wildman–Crippen MR) is 86.0 cm³/mol. The van der Waals surface area contributed by atoms with Crippen molar-refractivity contribution < 1.29 is 9.90 Å². The Morgan fingerprint density at radius 3 is 3.14 bits per heavy atom. The summed E-state index contributed by atoms with van der Waals surface area (Å²) in [5.41, 5.74) is 3.83. The molecular weight excluding hydrogens is 276 g/mol. The summed E-state index contributed by atoms with van der Waals surface area (Å²) in [4.78, 5) is 17.2. The quantitative estimate of drug-likeness (QED) is 0.856. The van der Waals surface area contributed by atoms with Gasteiger partial charge in [-0.3, -0.25) is 9.69 Å². The minimum absolute atomic E-state index is 0.293. The van der Waals surface area contributed by atoms with Gasteiger partial charge in [0.15, 0.2) is 0 Å². The summed E-state index contributed by atoms with van der Waals surface area (Å²) in [5.74, 6) is -0.682. The lowest BCUT2D eigenvalue weighted by Crippen LogP contribution is -2.51. The van der Waals surface area contributed by atoms with Crippen molar-refractivity contribution in [3.63, 3.8) is 0 Å². The maximum atomic E-state index is 11.6. The number of hydrogen-bond acceptors (Lipinski definition) is 2. The van der Waals surface area contributed by atoms with Gasteiger partial charge in [-0.2, -0.15) is 0 Å². The molecule has 1 aromatic heterocycles. The molecule has 0 radical (unpaired) electrons. The van der Waals surface area contributed by atoms with Crippen LogP contribution < -0.4 is 0 Å². The number of rotatable bonds is 3. The number of carboxylic acids is 1. The number of likely N-dealkylation sites (tertiary alicyclic amines) is 1. The lowest BCUT2D eigenvalue weighted by Gasteiger charge is -2.45. The third-order valence-electron chi connectivity index (χ3n) is 5.29. The van der Waals surface area contributed by atoms with Gasteiger partial charge in [-0.05, 0) is 30.0 Å². The van der Waals surface area contributed by atoms with E-state index >= 15 is 0 Å². The molecule has 4 rings (SSSR count). The van der Waals surface area contributed by atoms with Gasteiger partial charge in [0.1, 0.15) is 0 Å². The Morgan fingerprint density at radius 2 is 2.36 bits per heavy atom. The molecule has 22 heavy (non-hydrogen) atoms. The third kappa shape index (κ3) is 1.91. The van der Waals surface area contributed by atoms with Crippen molar-refractivity contribution in [1.29, 1.82) is 0 Å². The lowest BCUT2D eigenvalue weighted by molar-refractivity contribution is -0.144. The molecule has 2 aromatic rings. The summed E-state index contributed by atoms with van der Waals surface area (Å²) in [7, 11) is 0. The summed E-state index contributed by atoms with van der Waals surface area (Å²) < 4.78 is 0. The van der Waals surface area contributed by atoms with Gasteiger partial charge in [0.25, 0.3) is 0 Å². The molecule has 0 amide bonds. The SMILES string of the molecule is C=CCN1C[C@H](C(=O)O)C[C@@H]2c3cccc4[nH]cc(c34)C[C@H]21. The van der Waals surface area contributed by atoms with Crippen LogP contribution in [0.3, 0.4) is 0 Å². The molecular formula is C18H20N2O2. The number of aromatic amines is 1. The van der Waals surface area contributed by atoms with E-state index in [1.807, 2.05) is 6.08 Å².